The molecule has 2 rings (SSSR count). The van der Waals surface area contributed by atoms with Gasteiger partial charge in [-0.1, -0.05) is 32.9 Å². The Balaban J connectivity index is 2.06. The van der Waals surface area contributed by atoms with Gasteiger partial charge in [0.1, 0.15) is 5.75 Å². The average Bonchev–Trinajstić information content (AvgIpc) is 3.16. The molecule has 1 N–H and O–H groups in total. The zero-order valence-corrected chi connectivity index (χ0v) is 13.5. The van der Waals surface area contributed by atoms with Crippen molar-refractivity contribution in [1.29, 1.82) is 0 Å². The first-order chi connectivity index (χ1) is 9.82. The van der Waals surface area contributed by atoms with E-state index in [0.29, 0.717) is 12.5 Å². The Morgan fingerprint density at radius 2 is 2.10 bits per heavy atom. The van der Waals surface area contributed by atoms with Crippen LogP contribution in [0, 0.1) is 11.8 Å². The first-order valence-corrected chi connectivity index (χ1v) is 7.82. The molecule has 0 bridgehead atoms. The molecule has 1 aromatic carbocycles. The molecule has 0 spiro atoms. The highest BCUT2D eigenvalue weighted by Gasteiger charge is 2.42. The van der Waals surface area contributed by atoms with Gasteiger partial charge < -0.3 is 9.84 Å². The zero-order valence-electron chi connectivity index (χ0n) is 13.5. The van der Waals surface area contributed by atoms with Crippen molar-refractivity contribution in [1.82, 2.24) is 0 Å². The molecule has 1 saturated carbocycles. The maximum absolute atomic E-state index is 10.9. The topological polar surface area (TPSA) is 46.5 Å². The molecule has 0 aromatic heterocycles. The Kier molecular flexibility index (Phi) is 4.60. The van der Waals surface area contributed by atoms with E-state index in [2.05, 4.69) is 39.0 Å². The molecule has 3 heteroatoms. The minimum Gasteiger partial charge on any atom is -0.494 e. The summed E-state index contributed by atoms with van der Waals surface area (Å²) in [4.78, 5) is 10.9. The third kappa shape index (κ3) is 3.99. The standard InChI is InChI=1S/C18H26O3/c1-5-21-16-9-7-12(10-15(16)18(2,3)4)6-8-13-11-14(13)17(19)20/h7,9-10,13-14H,5-6,8,11H2,1-4H3,(H,19,20). The molecule has 116 valence electrons. The summed E-state index contributed by atoms with van der Waals surface area (Å²) in [5, 5.41) is 8.95. The molecule has 0 radical (unpaired) electrons. The number of hydrogen-bond acceptors (Lipinski definition) is 2. The highest BCUT2D eigenvalue weighted by molar-refractivity contribution is 5.73. The van der Waals surface area contributed by atoms with Crippen molar-refractivity contribution in [2.24, 2.45) is 11.8 Å². The smallest absolute Gasteiger partial charge is 0.306 e. The Bertz CT molecular complexity index is 514. The van der Waals surface area contributed by atoms with Crippen molar-refractivity contribution in [2.45, 2.75) is 52.4 Å². The molecular formula is C18H26O3. The van der Waals surface area contributed by atoms with Crippen LogP contribution in [-0.2, 0) is 16.6 Å². The van der Waals surface area contributed by atoms with Crippen molar-refractivity contribution in [3.05, 3.63) is 29.3 Å². The Morgan fingerprint density at radius 1 is 1.38 bits per heavy atom. The van der Waals surface area contributed by atoms with Crippen LogP contribution in [-0.4, -0.2) is 17.7 Å². The van der Waals surface area contributed by atoms with Crippen LogP contribution >= 0.6 is 0 Å². The third-order valence-corrected chi connectivity index (χ3v) is 4.20. The van der Waals surface area contributed by atoms with Gasteiger partial charge in [0.05, 0.1) is 12.5 Å². The van der Waals surface area contributed by atoms with E-state index in [4.69, 9.17) is 9.84 Å². The van der Waals surface area contributed by atoms with Crippen LogP contribution in [0.15, 0.2) is 18.2 Å². The van der Waals surface area contributed by atoms with Crippen molar-refractivity contribution in [3.8, 4) is 5.75 Å². The fraction of sp³-hybridized carbons (Fsp3) is 0.611. The van der Waals surface area contributed by atoms with E-state index in [9.17, 15) is 4.79 Å². The second-order valence-electron chi connectivity index (χ2n) is 6.99. The van der Waals surface area contributed by atoms with Gasteiger partial charge in [-0.25, -0.2) is 0 Å². The summed E-state index contributed by atoms with van der Waals surface area (Å²) in [5.41, 5.74) is 2.55. The minimum atomic E-state index is -0.637. The number of aliphatic carboxylic acids is 1. The lowest BCUT2D eigenvalue weighted by atomic mass is 9.85. The van der Waals surface area contributed by atoms with Gasteiger partial charge in [0.2, 0.25) is 0 Å². The van der Waals surface area contributed by atoms with Gasteiger partial charge in [-0.3, -0.25) is 4.79 Å². The number of rotatable bonds is 6. The first kappa shape index (κ1) is 15.9. The van der Waals surface area contributed by atoms with Gasteiger partial charge in [-0.05, 0) is 54.7 Å². The largest absolute Gasteiger partial charge is 0.494 e. The molecule has 0 heterocycles. The van der Waals surface area contributed by atoms with Crippen molar-refractivity contribution in [3.63, 3.8) is 0 Å². The highest BCUT2D eigenvalue weighted by atomic mass is 16.5. The van der Waals surface area contributed by atoms with Crippen LogP contribution in [0.2, 0.25) is 0 Å². The number of hydrogen-bond donors (Lipinski definition) is 1. The molecule has 2 atom stereocenters. The fourth-order valence-electron chi connectivity index (χ4n) is 2.82. The molecule has 0 amide bonds. The van der Waals surface area contributed by atoms with E-state index in [1.165, 1.54) is 11.1 Å². The summed E-state index contributed by atoms with van der Waals surface area (Å²) in [6.07, 6.45) is 2.76. The SMILES string of the molecule is CCOc1ccc(CCC2CC2C(=O)O)cc1C(C)(C)C. The number of carboxylic acids is 1. The number of ether oxygens (including phenoxy) is 1. The van der Waals surface area contributed by atoms with E-state index in [-0.39, 0.29) is 11.3 Å². The predicted octanol–water partition coefficient (Wildman–Crippen LogP) is 4.04. The summed E-state index contributed by atoms with van der Waals surface area (Å²) in [7, 11) is 0. The van der Waals surface area contributed by atoms with Gasteiger partial charge in [0.25, 0.3) is 0 Å². The van der Waals surface area contributed by atoms with Gasteiger partial charge >= 0.3 is 5.97 Å². The van der Waals surface area contributed by atoms with Crippen molar-refractivity contribution in [2.75, 3.05) is 6.61 Å². The molecule has 1 aliphatic rings. The second-order valence-corrected chi connectivity index (χ2v) is 6.99. The summed E-state index contributed by atoms with van der Waals surface area (Å²) in [6.45, 7) is 9.24. The molecule has 1 aliphatic carbocycles. The van der Waals surface area contributed by atoms with E-state index in [0.717, 1.165) is 25.0 Å². The van der Waals surface area contributed by atoms with E-state index >= 15 is 0 Å². The summed E-state index contributed by atoms with van der Waals surface area (Å²) < 4.78 is 5.73. The fourth-order valence-corrected chi connectivity index (χ4v) is 2.82. The molecular weight excluding hydrogens is 264 g/mol. The molecule has 3 nitrogen and oxygen atoms in total. The predicted molar refractivity (Wildman–Crippen MR) is 83.9 cm³/mol. The molecule has 21 heavy (non-hydrogen) atoms. The normalized spacial score (nSPS) is 21.1. The molecule has 0 saturated heterocycles. The Hall–Kier alpha value is -1.51. The molecule has 1 aromatic rings. The van der Waals surface area contributed by atoms with Crippen LogP contribution in [0.1, 0.15) is 51.7 Å². The Morgan fingerprint density at radius 3 is 2.62 bits per heavy atom. The molecule has 0 aliphatic heterocycles. The maximum atomic E-state index is 10.9. The highest BCUT2D eigenvalue weighted by Crippen LogP contribution is 2.42. The summed E-state index contributed by atoms with van der Waals surface area (Å²) in [5.74, 6) is 0.590. The van der Waals surface area contributed by atoms with E-state index in [1.54, 1.807) is 0 Å². The van der Waals surface area contributed by atoms with Crippen LogP contribution in [0.3, 0.4) is 0 Å². The van der Waals surface area contributed by atoms with Crippen LogP contribution < -0.4 is 4.74 Å². The van der Waals surface area contributed by atoms with E-state index < -0.39 is 5.97 Å². The molecule has 1 fully saturated rings. The Labute approximate surface area is 127 Å². The number of benzene rings is 1. The minimum absolute atomic E-state index is 0.0453. The zero-order chi connectivity index (χ0) is 15.6. The van der Waals surface area contributed by atoms with Crippen LogP contribution in [0.4, 0.5) is 0 Å². The maximum Gasteiger partial charge on any atom is 0.306 e. The number of aryl methyl sites for hydroxylation is 1. The lowest BCUT2D eigenvalue weighted by Gasteiger charge is -2.23. The van der Waals surface area contributed by atoms with Gasteiger partial charge in [0, 0.05) is 0 Å². The summed E-state index contributed by atoms with van der Waals surface area (Å²) >= 11 is 0. The lowest BCUT2D eigenvalue weighted by molar-refractivity contribution is -0.138. The van der Waals surface area contributed by atoms with Gasteiger partial charge in [-0.15, -0.1) is 0 Å². The van der Waals surface area contributed by atoms with Gasteiger partial charge in [0.15, 0.2) is 0 Å². The monoisotopic (exact) mass is 290 g/mol. The second kappa shape index (κ2) is 6.08. The third-order valence-electron chi connectivity index (χ3n) is 4.20. The first-order valence-electron chi connectivity index (χ1n) is 7.82. The average molecular weight is 290 g/mol. The van der Waals surface area contributed by atoms with Crippen LogP contribution in [0.25, 0.3) is 0 Å². The molecule has 2 unspecified atom stereocenters. The van der Waals surface area contributed by atoms with E-state index in [1.807, 2.05) is 6.92 Å². The van der Waals surface area contributed by atoms with Crippen molar-refractivity contribution < 1.29 is 14.6 Å². The van der Waals surface area contributed by atoms with Crippen molar-refractivity contribution >= 4 is 5.97 Å². The number of carboxylic acid groups (broad SMARTS) is 1. The lowest BCUT2D eigenvalue weighted by Crippen LogP contribution is -2.14. The quantitative estimate of drug-likeness (QED) is 0.860. The summed E-state index contributed by atoms with van der Waals surface area (Å²) in [6, 6.07) is 6.39. The van der Waals surface area contributed by atoms with Gasteiger partial charge in [-0.2, -0.15) is 0 Å². The number of carbonyl (C=O) groups is 1. The van der Waals surface area contributed by atoms with Crippen LogP contribution in [0.5, 0.6) is 5.75 Å².